The minimum Gasteiger partial charge on any atom is -0.451 e. The molecule has 2 aromatic rings. The van der Waals surface area contributed by atoms with Gasteiger partial charge in [0.05, 0.1) is 0 Å². The molecule has 0 aliphatic rings. The lowest BCUT2D eigenvalue weighted by molar-refractivity contribution is -0.124. The molecule has 0 saturated heterocycles. The smallest absolute Gasteiger partial charge is 0.357 e. The van der Waals surface area contributed by atoms with E-state index in [2.05, 4.69) is 10.3 Å². The van der Waals surface area contributed by atoms with Gasteiger partial charge in [0.2, 0.25) is 0 Å². The minimum atomic E-state index is -0.615. The van der Waals surface area contributed by atoms with E-state index >= 15 is 0 Å². The van der Waals surface area contributed by atoms with Crippen molar-refractivity contribution in [1.82, 2.24) is 10.3 Å². The summed E-state index contributed by atoms with van der Waals surface area (Å²) in [5, 5.41) is 2.70. The summed E-state index contributed by atoms with van der Waals surface area (Å²) >= 11 is 0. The van der Waals surface area contributed by atoms with Gasteiger partial charge in [0.15, 0.2) is 6.61 Å². The molecule has 0 spiro atoms. The molecule has 0 radical (unpaired) electrons. The van der Waals surface area contributed by atoms with Crippen LogP contribution in [0.1, 0.15) is 16.1 Å². The van der Waals surface area contributed by atoms with Crippen LogP contribution in [0.25, 0.3) is 0 Å². The number of rotatable bonds is 6. The number of anilines is 1. The second-order valence-electron chi connectivity index (χ2n) is 5.13. The number of amides is 1. The lowest BCUT2D eigenvalue weighted by Gasteiger charge is -2.13. The Bertz CT molecular complexity index is 655. The molecule has 0 aliphatic heterocycles. The lowest BCUT2D eigenvalue weighted by atomic mass is 10.2. The van der Waals surface area contributed by atoms with Gasteiger partial charge in [-0.25, -0.2) is 9.78 Å². The van der Waals surface area contributed by atoms with E-state index in [0.717, 1.165) is 11.3 Å². The zero-order valence-corrected chi connectivity index (χ0v) is 13.2. The predicted octanol–water partition coefficient (Wildman–Crippen LogP) is 1.62. The molecule has 0 bridgehead atoms. The molecule has 6 nitrogen and oxygen atoms in total. The Hall–Kier alpha value is -2.89. The van der Waals surface area contributed by atoms with Gasteiger partial charge in [0, 0.05) is 32.5 Å². The minimum absolute atomic E-state index is 0.180. The second-order valence-corrected chi connectivity index (χ2v) is 5.13. The summed E-state index contributed by atoms with van der Waals surface area (Å²) in [6, 6.07) is 12.7. The fraction of sp³-hybridized carbons (Fsp3) is 0.235. The quantitative estimate of drug-likeness (QED) is 0.821. The first-order valence-electron chi connectivity index (χ1n) is 7.17. The van der Waals surface area contributed by atoms with E-state index in [1.807, 2.05) is 43.3 Å². The third-order valence-electron chi connectivity index (χ3n) is 3.15. The van der Waals surface area contributed by atoms with Crippen molar-refractivity contribution in [1.29, 1.82) is 0 Å². The van der Waals surface area contributed by atoms with Gasteiger partial charge in [-0.1, -0.05) is 18.2 Å². The van der Waals surface area contributed by atoms with Crippen LogP contribution in [0.15, 0.2) is 48.7 Å². The highest BCUT2D eigenvalue weighted by Crippen LogP contribution is 2.11. The number of nitrogens with zero attached hydrogens (tertiary/aromatic N) is 2. The molecule has 1 heterocycles. The third-order valence-corrected chi connectivity index (χ3v) is 3.15. The number of carbonyl (C=O) groups excluding carboxylic acids is 2. The molecule has 1 amide bonds. The van der Waals surface area contributed by atoms with Crippen molar-refractivity contribution >= 4 is 17.6 Å². The molecule has 1 N–H and O–H groups in total. The summed E-state index contributed by atoms with van der Waals surface area (Å²) in [6.07, 6.45) is 1.49. The van der Waals surface area contributed by atoms with E-state index < -0.39 is 5.97 Å². The Morgan fingerprint density at radius 1 is 1.13 bits per heavy atom. The van der Waals surface area contributed by atoms with Gasteiger partial charge in [-0.3, -0.25) is 4.79 Å². The van der Waals surface area contributed by atoms with Gasteiger partial charge < -0.3 is 15.0 Å². The average molecular weight is 313 g/mol. The maximum absolute atomic E-state index is 11.7. The molecular formula is C17H19N3O3. The molecule has 1 aromatic carbocycles. The highest BCUT2D eigenvalue weighted by atomic mass is 16.5. The van der Waals surface area contributed by atoms with Crippen molar-refractivity contribution in [3.8, 4) is 0 Å². The van der Waals surface area contributed by atoms with Gasteiger partial charge in [0.25, 0.3) is 5.91 Å². The van der Waals surface area contributed by atoms with Crippen LogP contribution >= 0.6 is 0 Å². The van der Waals surface area contributed by atoms with Crippen LogP contribution in [0.4, 0.5) is 5.69 Å². The van der Waals surface area contributed by atoms with Crippen molar-refractivity contribution < 1.29 is 14.3 Å². The molecule has 120 valence electrons. The molecule has 1 aromatic heterocycles. The first-order valence-corrected chi connectivity index (χ1v) is 7.17. The lowest BCUT2D eigenvalue weighted by Crippen LogP contribution is -2.28. The summed E-state index contributed by atoms with van der Waals surface area (Å²) in [5.41, 5.74) is 2.24. The van der Waals surface area contributed by atoms with Crippen LogP contribution in [-0.4, -0.2) is 37.6 Å². The number of nitrogens with one attached hydrogen (secondary N) is 1. The Balaban J connectivity index is 1.76. The van der Waals surface area contributed by atoms with E-state index in [1.54, 1.807) is 12.1 Å². The van der Waals surface area contributed by atoms with Crippen molar-refractivity contribution in [2.24, 2.45) is 0 Å². The molecule has 2 rings (SSSR count). The van der Waals surface area contributed by atoms with Crippen molar-refractivity contribution in [2.75, 3.05) is 25.6 Å². The molecule has 0 aliphatic carbocycles. The normalized spacial score (nSPS) is 10.0. The molecule has 0 saturated carbocycles. The fourth-order valence-electron chi connectivity index (χ4n) is 1.85. The van der Waals surface area contributed by atoms with Gasteiger partial charge in [0.1, 0.15) is 5.69 Å². The monoisotopic (exact) mass is 313 g/mol. The summed E-state index contributed by atoms with van der Waals surface area (Å²) in [7, 11) is 3.93. The number of carbonyl (C=O) groups is 2. The number of esters is 1. The average Bonchev–Trinajstić information content (AvgIpc) is 2.59. The number of pyridine rings is 1. The van der Waals surface area contributed by atoms with E-state index in [1.165, 1.54) is 12.3 Å². The van der Waals surface area contributed by atoms with Crippen molar-refractivity contribution in [3.63, 3.8) is 0 Å². The zero-order chi connectivity index (χ0) is 16.7. The van der Waals surface area contributed by atoms with Crippen LogP contribution in [-0.2, 0) is 16.1 Å². The Morgan fingerprint density at radius 2 is 1.87 bits per heavy atom. The van der Waals surface area contributed by atoms with Gasteiger partial charge in [-0.15, -0.1) is 0 Å². The fourth-order valence-corrected chi connectivity index (χ4v) is 1.85. The molecule has 0 fully saturated rings. The number of hydrogen-bond acceptors (Lipinski definition) is 5. The van der Waals surface area contributed by atoms with Crippen LogP contribution in [0.3, 0.4) is 0 Å². The van der Waals surface area contributed by atoms with Gasteiger partial charge >= 0.3 is 5.97 Å². The number of hydrogen-bond donors (Lipinski definition) is 1. The van der Waals surface area contributed by atoms with E-state index in [0.29, 0.717) is 6.54 Å². The second kappa shape index (κ2) is 7.93. The van der Waals surface area contributed by atoms with E-state index in [4.69, 9.17) is 4.74 Å². The van der Waals surface area contributed by atoms with Crippen LogP contribution in [0.2, 0.25) is 0 Å². The number of aromatic nitrogens is 1. The maximum Gasteiger partial charge on any atom is 0.357 e. The highest BCUT2D eigenvalue weighted by molar-refractivity contribution is 5.89. The third kappa shape index (κ3) is 5.10. The SMILES string of the molecule is CN(C)c1ccc(CNC(=O)COC(=O)c2ccccn2)cc1. The molecule has 6 heteroatoms. The van der Waals surface area contributed by atoms with E-state index in [9.17, 15) is 9.59 Å². The first kappa shape index (κ1) is 16.5. The summed E-state index contributed by atoms with van der Waals surface area (Å²) < 4.78 is 4.91. The summed E-state index contributed by atoms with van der Waals surface area (Å²) in [6.45, 7) is 0.0544. The molecule has 0 atom stereocenters. The first-order chi connectivity index (χ1) is 11.1. The van der Waals surface area contributed by atoms with Gasteiger partial charge in [-0.2, -0.15) is 0 Å². The summed E-state index contributed by atoms with van der Waals surface area (Å²) in [5.74, 6) is -0.970. The summed E-state index contributed by atoms with van der Waals surface area (Å²) in [4.78, 5) is 29.2. The van der Waals surface area contributed by atoms with Crippen LogP contribution in [0.5, 0.6) is 0 Å². The van der Waals surface area contributed by atoms with E-state index in [-0.39, 0.29) is 18.2 Å². The Labute approximate surface area is 135 Å². The highest BCUT2D eigenvalue weighted by Gasteiger charge is 2.10. The predicted molar refractivity (Wildman–Crippen MR) is 87.1 cm³/mol. The molecule has 0 unspecified atom stereocenters. The van der Waals surface area contributed by atoms with Crippen LogP contribution in [0, 0.1) is 0 Å². The number of ether oxygens (including phenoxy) is 1. The molecule has 23 heavy (non-hydrogen) atoms. The Kier molecular flexibility index (Phi) is 5.68. The maximum atomic E-state index is 11.7. The standard InChI is InChI=1S/C17H19N3O3/c1-20(2)14-8-6-13(7-9-14)11-19-16(21)12-23-17(22)15-5-3-4-10-18-15/h3-10H,11-12H2,1-2H3,(H,19,21). The zero-order valence-electron chi connectivity index (χ0n) is 13.2. The topological polar surface area (TPSA) is 71.5 Å². The van der Waals surface area contributed by atoms with Crippen molar-refractivity contribution in [2.45, 2.75) is 6.54 Å². The largest absolute Gasteiger partial charge is 0.451 e. The van der Waals surface area contributed by atoms with Crippen molar-refractivity contribution in [3.05, 3.63) is 59.9 Å². The molecular weight excluding hydrogens is 294 g/mol. The number of benzene rings is 1. The van der Waals surface area contributed by atoms with Gasteiger partial charge in [-0.05, 0) is 29.8 Å². The van der Waals surface area contributed by atoms with Crippen LogP contribution < -0.4 is 10.2 Å². The Morgan fingerprint density at radius 3 is 2.48 bits per heavy atom.